The topological polar surface area (TPSA) is 51.5 Å². The van der Waals surface area contributed by atoms with Crippen LogP contribution in [0.25, 0.3) is 16.8 Å². The van der Waals surface area contributed by atoms with Crippen molar-refractivity contribution in [3.05, 3.63) is 72.8 Å². The first-order chi connectivity index (χ1) is 12.3. The molecular formula is C19H15FN4O. The van der Waals surface area contributed by atoms with Gasteiger partial charge in [-0.3, -0.25) is 0 Å². The third kappa shape index (κ3) is 2.78. The molecule has 5 nitrogen and oxygen atoms in total. The van der Waals surface area contributed by atoms with Gasteiger partial charge in [0.15, 0.2) is 5.65 Å². The molecule has 0 spiro atoms. The maximum Gasteiger partial charge on any atom is 0.165 e. The number of rotatable bonds is 4. The Morgan fingerprint density at radius 3 is 2.64 bits per heavy atom. The molecule has 0 radical (unpaired) electrons. The minimum Gasteiger partial charge on any atom is -0.495 e. The second-order valence-corrected chi connectivity index (χ2v) is 5.46. The van der Waals surface area contributed by atoms with Gasteiger partial charge in [-0.2, -0.15) is 9.61 Å². The Morgan fingerprint density at radius 1 is 1.04 bits per heavy atom. The second kappa shape index (κ2) is 6.24. The summed E-state index contributed by atoms with van der Waals surface area (Å²) in [5.41, 5.74) is 3.21. The van der Waals surface area contributed by atoms with Gasteiger partial charge in [0.05, 0.1) is 19.0 Å². The fourth-order valence-corrected chi connectivity index (χ4v) is 2.71. The van der Waals surface area contributed by atoms with Gasteiger partial charge in [0.2, 0.25) is 0 Å². The summed E-state index contributed by atoms with van der Waals surface area (Å²) in [5, 5.41) is 7.74. The fourth-order valence-electron chi connectivity index (χ4n) is 2.71. The van der Waals surface area contributed by atoms with Crippen LogP contribution in [0.2, 0.25) is 0 Å². The molecule has 2 aromatic heterocycles. The van der Waals surface area contributed by atoms with E-state index in [1.165, 1.54) is 12.1 Å². The van der Waals surface area contributed by atoms with Gasteiger partial charge in [-0.1, -0.05) is 24.3 Å². The van der Waals surface area contributed by atoms with Crippen LogP contribution in [0.4, 0.5) is 15.9 Å². The monoisotopic (exact) mass is 334 g/mol. The Balaban J connectivity index is 1.78. The third-order valence-corrected chi connectivity index (χ3v) is 3.93. The van der Waals surface area contributed by atoms with Crippen molar-refractivity contribution < 1.29 is 9.13 Å². The molecular weight excluding hydrogens is 319 g/mol. The molecule has 4 aromatic rings. The fraction of sp³-hybridized carbons (Fsp3) is 0.0526. The van der Waals surface area contributed by atoms with Crippen LogP contribution in [0, 0.1) is 5.82 Å². The minimum atomic E-state index is -0.272. The van der Waals surface area contributed by atoms with Crippen molar-refractivity contribution in [2.75, 3.05) is 12.4 Å². The molecule has 6 heteroatoms. The minimum absolute atomic E-state index is 0.272. The van der Waals surface area contributed by atoms with Crippen molar-refractivity contribution in [3.63, 3.8) is 0 Å². The van der Waals surface area contributed by atoms with Gasteiger partial charge in [-0.05, 0) is 35.9 Å². The average molecular weight is 334 g/mol. The number of hydrogen-bond donors (Lipinski definition) is 1. The highest BCUT2D eigenvalue weighted by Crippen LogP contribution is 2.29. The molecule has 0 bridgehead atoms. The molecule has 0 aliphatic carbocycles. The van der Waals surface area contributed by atoms with Gasteiger partial charge in [-0.25, -0.2) is 9.37 Å². The van der Waals surface area contributed by atoms with Gasteiger partial charge < -0.3 is 10.1 Å². The highest BCUT2D eigenvalue weighted by molar-refractivity contribution is 5.78. The molecule has 0 unspecified atom stereocenters. The van der Waals surface area contributed by atoms with E-state index in [1.54, 1.807) is 36.2 Å². The number of fused-ring (bicyclic) bond motifs is 1. The molecule has 2 aromatic carbocycles. The number of aromatic nitrogens is 3. The van der Waals surface area contributed by atoms with E-state index in [9.17, 15) is 4.39 Å². The number of ether oxygens (including phenoxy) is 1. The highest BCUT2D eigenvalue weighted by Gasteiger charge is 2.12. The molecule has 0 fully saturated rings. The summed E-state index contributed by atoms with van der Waals surface area (Å²) in [6.07, 6.45) is 3.44. The Labute approximate surface area is 143 Å². The highest BCUT2D eigenvalue weighted by atomic mass is 19.1. The molecule has 0 aliphatic heterocycles. The number of benzene rings is 2. The Hall–Kier alpha value is -3.41. The third-order valence-electron chi connectivity index (χ3n) is 3.93. The molecule has 2 heterocycles. The summed E-state index contributed by atoms with van der Waals surface area (Å²) >= 11 is 0. The Morgan fingerprint density at radius 2 is 1.84 bits per heavy atom. The first kappa shape index (κ1) is 15.1. The number of para-hydroxylation sites is 2. The van der Waals surface area contributed by atoms with E-state index in [0.717, 1.165) is 28.4 Å². The number of halogens is 1. The van der Waals surface area contributed by atoms with Gasteiger partial charge >= 0.3 is 0 Å². The Kier molecular flexibility index (Phi) is 3.78. The van der Waals surface area contributed by atoms with Crippen LogP contribution in [0.1, 0.15) is 0 Å². The number of methoxy groups -OCH3 is 1. The van der Waals surface area contributed by atoms with Crippen molar-refractivity contribution >= 4 is 17.2 Å². The van der Waals surface area contributed by atoms with Crippen LogP contribution in [-0.2, 0) is 0 Å². The summed E-state index contributed by atoms with van der Waals surface area (Å²) in [4.78, 5) is 4.42. The number of nitrogens with zero attached hydrogens (tertiary/aromatic N) is 3. The van der Waals surface area contributed by atoms with Crippen molar-refractivity contribution in [2.45, 2.75) is 0 Å². The van der Waals surface area contributed by atoms with Crippen LogP contribution in [0.5, 0.6) is 5.75 Å². The van der Waals surface area contributed by atoms with Crippen molar-refractivity contribution in [1.29, 1.82) is 0 Å². The first-order valence-electron chi connectivity index (χ1n) is 7.75. The van der Waals surface area contributed by atoms with Crippen LogP contribution < -0.4 is 10.1 Å². The predicted octanol–water partition coefficient (Wildman–Crippen LogP) is 4.29. The number of anilines is 2. The van der Waals surface area contributed by atoms with Crippen LogP contribution in [-0.4, -0.2) is 21.7 Å². The summed E-state index contributed by atoms with van der Waals surface area (Å²) < 4.78 is 20.2. The van der Waals surface area contributed by atoms with Gasteiger partial charge in [0.1, 0.15) is 17.4 Å². The van der Waals surface area contributed by atoms with Crippen LogP contribution >= 0.6 is 0 Å². The van der Waals surface area contributed by atoms with E-state index in [-0.39, 0.29) is 5.82 Å². The average Bonchev–Trinajstić information content (AvgIpc) is 3.08. The number of hydrogen-bond acceptors (Lipinski definition) is 4. The van der Waals surface area contributed by atoms with E-state index in [0.29, 0.717) is 5.65 Å². The van der Waals surface area contributed by atoms with Gasteiger partial charge in [0.25, 0.3) is 0 Å². The lowest BCUT2D eigenvalue weighted by atomic mass is 10.1. The molecule has 0 saturated heterocycles. The van der Waals surface area contributed by atoms with E-state index in [4.69, 9.17) is 4.74 Å². The smallest absolute Gasteiger partial charge is 0.165 e. The molecule has 124 valence electrons. The van der Waals surface area contributed by atoms with Crippen LogP contribution in [0.15, 0.2) is 67.0 Å². The van der Waals surface area contributed by atoms with E-state index < -0.39 is 0 Å². The molecule has 4 rings (SSSR count). The lowest BCUT2D eigenvalue weighted by molar-refractivity contribution is 0.417. The standard InChI is InChI=1S/C19H15FN4O/c1-25-17-5-3-2-4-16(17)23-18-10-11-21-19-15(12-22-24(18)19)13-6-8-14(20)9-7-13/h2-12,23H,1H3. The molecule has 1 N–H and O–H groups in total. The SMILES string of the molecule is COc1ccccc1Nc1ccnc2c(-c3ccc(F)cc3)cnn12. The molecule has 0 atom stereocenters. The lowest BCUT2D eigenvalue weighted by Gasteiger charge is -2.11. The van der Waals surface area contributed by atoms with Gasteiger partial charge in [-0.15, -0.1) is 0 Å². The van der Waals surface area contributed by atoms with Crippen molar-refractivity contribution in [2.24, 2.45) is 0 Å². The molecule has 0 amide bonds. The lowest BCUT2D eigenvalue weighted by Crippen LogP contribution is -2.02. The zero-order chi connectivity index (χ0) is 17.2. The van der Waals surface area contributed by atoms with E-state index >= 15 is 0 Å². The van der Waals surface area contributed by atoms with Gasteiger partial charge in [0, 0.05) is 11.8 Å². The zero-order valence-corrected chi connectivity index (χ0v) is 13.5. The number of nitrogens with one attached hydrogen (secondary N) is 1. The molecule has 0 aliphatic rings. The maximum absolute atomic E-state index is 13.2. The second-order valence-electron chi connectivity index (χ2n) is 5.46. The summed E-state index contributed by atoms with van der Waals surface area (Å²) in [5.74, 6) is 1.22. The molecule has 25 heavy (non-hydrogen) atoms. The van der Waals surface area contributed by atoms with Crippen molar-refractivity contribution in [1.82, 2.24) is 14.6 Å². The van der Waals surface area contributed by atoms with E-state index in [2.05, 4.69) is 15.4 Å². The predicted molar refractivity (Wildman–Crippen MR) is 94.7 cm³/mol. The summed E-state index contributed by atoms with van der Waals surface area (Å²) in [6, 6.07) is 15.8. The largest absolute Gasteiger partial charge is 0.495 e. The molecule has 0 saturated carbocycles. The normalized spacial score (nSPS) is 10.8. The maximum atomic E-state index is 13.2. The first-order valence-corrected chi connectivity index (χ1v) is 7.75. The quantitative estimate of drug-likeness (QED) is 0.605. The summed E-state index contributed by atoms with van der Waals surface area (Å²) in [6.45, 7) is 0. The summed E-state index contributed by atoms with van der Waals surface area (Å²) in [7, 11) is 1.63. The van der Waals surface area contributed by atoms with Crippen LogP contribution in [0.3, 0.4) is 0 Å². The zero-order valence-electron chi connectivity index (χ0n) is 13.5. The Bertz CT molecular complexity index is 1030. The van der Waals surface area contributed by atoms with E-state index in [1.807, 2.05) is 30.3 Å². The van der Waals surface area contributed by atoms with Crippen molar-refractivity contribution in [3.8, 4) is 16.9 Å².